The zero-order valence-electron chi connectivity index (χ0n) is 8.81. The van der Waals surface area contributed by atoms with Gasteiger partial charge in [0.25, 0.3) is 0 Å². The Balaban J connectivity index is 2.49. The maximum atomic E-state index is 11.5. The van der Waals surface area contributed by atoms with Crippen molar-refractivity contribution in [3.8, 4) is 11.8 Å². The number of hydrogen-bond acceptors (Lipinski definition) is 4. The summed E-state index contributed by atoms with van der Waals surface area (Å²) in [5.74, 6) is -0.669. The van der Waals surface area contributed by atoms with E-state index in [0.29, 0.717) is 22.3 Å². The number of aromatic nitrogens is 2. The molecule has 0 amide bonds. The van der Waals surface area contributed by atoms with Crippen molar-refractivity contribution in [2.24, 2.45) is 0 Å². The van der Waals surface area contributed by atoms with Crippen LogP contribution < -0.4 is 10.5 Å². The minimum absolute atomic E-state index is 0.0940. The van der Waals surface area contributed by atoms with Gasteiger partial charge >= 0.3 is 11.8 Å². The Morgan fingerprint density at radius 2 is 2.24 bits per heavy atom. The first-order chi connectivity index (χ1) is 8.11. The van der Waals surface area contributed by atoms with Gasteiger partial charge in [0.1, 0.15) is 0 Å². The van der Waals surface area contributed by atoms with E-state index in [0.717, 1.165) is 4.68 Å². The van der Waals surface area contributed by atoms with Crippen molar-refractivity contribution in [1.82, 2.24) is 9.78 Å². The normalized spacial score (nSPS) is 10.5. The fraction of sp³-hybridized carbons (Fsp3) is 0.200. The highest BCUT2D eigenvalue weighted by Gasteiger charge is 2.13. The van der Waals surface area contributed by atoms with E-state index in [1.54, 1.807) is 19.1 Å². The summed E-state index contributed by atoms with van der Waals surface area (Å²) in [6, 6.07) is 4.69. The monoisotopic (exact) mass is 274 g/mol. The minimum Gasteiger partial charge on any atom is -0.449 e. The van der Waals surface area contributed by atoms with Crippen LogP contribution in [-0.2, 0) is 0 Å². The van der Waals surface area contributed by atoms with Crippen LogP contribution in [0, 0.1) is 0 Å². The molecule has 0 aliphatic carbocycles. The van der Waals surface area contributed by atoms with E-state index in [-0.39, 0.29) is 6.08 Å². The largest absolute Gasteiger partial charge is 0.449 e. The average molecular weight is 275 g/mol. The van der Waals surface area contributed by atoms with E-state index in [1.807, 2.05) is 0 Å². The second-order valence-electron chi connectivity index (χ2n) is 3.07. The SMILES string of the molecule is CCOc1nn(-c2ccc(Cl)cc2Cl)c(=O)o1. The van der Waals surface area contributed by atoms with Crippen molar-refractivity contribution >= 4 is 23.2 Å². The zero-order chi connectivity index (χ0) is 12.4. The lowest BCUT2D eigenvalue weighted by Crippen LogP contribution is -2.13. The molecule has 5 nitrogen and oxygen atoms in total. The molecule has 17 heavy (non-hydrogen) atoms. The number of benzene rings is 1. The molecule has 7 heteroatoms. The molecule has 2 rings (SSSR count). The third-order valence-corrected chi connectivity index (χ3v) is 2.47. The van der Waals surface area contributed by atoms with E-state index >= 15 is 0 Å². The summed E-state index contributed by atoms with van der Waals surface area (Å²) in [6.45, 7) is 2.11. The maximum absolute atomic E-state index is 11.5. The molecule has 0 atom stereocenters. The van der Waals surface area contributed by atoms with Crippen molar-refractivity contribution in [3.63, 3.8) is 0 Å². The summed E-state index contributed by atoms with van der Waals surface area (Å²) in [5, 5.41) is 4.62. The number of ether oxygens (including phenoxy) is 1. The van der Waals surface area contributed by atoms with Crippen LogP contribution in [0.1, 0.15) is 6.92 Å². The molecule has 0 saturated heterocycles. The zero-order valence-corrected chi connectivity index (χ0v) is 10.3. The molecule has 0 radical (unpaired) electrons. The van der Waals surface area contributed by atoms with Crippen LogP contribution in [0.25, 0.3) is 5.69 Å². The van der Waals surface area contributed by atoms with Crippen molar-refractivity contribution in [2.75, 3.05) is 6.61 Å². The molecule has 1 aromatic carbocycles. The molecule has 0 spiro atoms. The molecule has 1 aromatic heterocycles. The topological polar surface area (TPSA) is 57.3 Å². The Kier molecular flexibility index (Phi) is 3.40. The van der Waals surface area contributed by atoms with Gasteiger partial charge in [-0.2, -0.15) is 4.68 Å². The molecule has 0 bridgehead atoms. The first-order valence-electron chi connectivity index (χ1n) is 4.80. The van der Waals surface area contributed by atoms with Crippen LogP contribution in [0.5, 0.6) is 6.08 Å². The first-order valence-corrected chi connectivity index (χ1v) is 5.56. The molecule has 0 aliphatic rings. The van der Waals surface area contributed by atoms with Gasteiger partial charge in [-0.25, -0.2) is 4.79 Å². The lowest BCUT2D eigenvalue weighted by molar-refractivity contribution is 0.238. The molecule has 1 heterocycles. The Morgan fingerprint density at radius 1 is 1.47 bits per heavy atom. The van der Waals surface area contributed by atoms with Crippen molar-refractivity contribution in [2.45, 2.75) is 6.92 Å². The molecule has 0 saturated carbocycles. The van der Waals surface area contributed by atoms with Gasteiger partial charge in [0.05, 0.1) is 17.3 Å². The molecule has 0 aliphatic heterocycles. The third-order valence-electron chi connectivity index (χ3n) is 1.93. The molecular weight excluding hydrogens is 267 g/mol. The Bertz CT molecular complexity index is 591. The van der Waals surface area contributed by atoms with Crippen molar-refractivity contribution in [1.29, 1.82) is 0 Å². The molecule has 90 valence electrons. The third kappa shape index (κ3) is 2.45. The van der Waals surface area contributed by atoms with E-state index in [9.17, 15) is 4.79 Å². The summed E-state index contributed by atoms with van der Waals surface area (Å²) < 4.78 is 10.8. The van der Waals surface area contributed by atoms with Crippen LogP contribution in [0.2, 0.25) is 10.0 Å². The number of halogens is 2. The summed E-state index contributed by atoms with van der Waals surface area (Å²) in [5.41, 5.74) is 0.385. The second-order valence-corrected chi connectivity index (χ2v) is 3.92. The minimum atomic E-state index is -0.669. The molecule has 0 unspecified atom stereocenters. The van der Waals surface area contributed by atoms with Crippen LogP contribution in [0.15, 0.2) is 27.4 Å². The highest BCUT2D eigenvalue weighted by molar-refractivity contribution is 6.35. The van der Waals surface area contributed by atoms with E-state index in [2.05, 4.69) is 5.10 Å². The Morgan fingerprint density at radius 3 is 2.88 bits per heavy atom. The van der Waals surface area contributed by atoms with Crippen LogP contribution in [0.4, 0.5) is 0 Å². The number of nitrogens with zero attached hydrogens (tertiary/aromatic N) is 2. The fourth-order valence-electron chi connectivity index (χ4n) is 1.25. The van der Waals surface area contributed by atoms with Crippen molar-refractivity contribution < 1.29 is 9.15 Å². The highest BCUT2D eigenvalue weighted by atomic mass is 35.5. The van der Waals surface area contributed by atoms with E-state index < -0.39 is 5.76 Å². The van der Waals surface area contributed by atoms with Crippen molar-refractivity contribution in [3.05, 3.63) is 38.8 Å². The van der Waals surface area contributed by atoms with Gasteiger partial charge in [0.2, 0.25) is 0 Å². The summed E-state index contributed by atoms with van der Waals surface area (Å²) in [6.07, 6.45) is -0.0940. The molecule has 0 fully saturated rings. The molecule has 2 aromatic rings. The van der Waals surface area contributed by atoms with Gasteiger partial charge in [0.15, 0.2) is 0 Å². The summed E-state index contributed by atoms with van der Waals surface area (Å²) in [7, 11) is 0. The number of rotatable bonds is 3. The van der Waals surface area contributed by atoms with E-state index in [4.69, 9.17) is 32.4 Å². The molecular formula is C10H8Cl2N2O3. The summed E-state index contributed by atoms with van der Waals surface area (Å²) in [4.78, 5) is 11.5. The quantitative estimate of drug-likeness (QED) is 0.863. The van der Waals surface area contributed by atoms with E-state index in [1.165, 1.54) is 6.07 Å². The predicted octanol–water partition coefficient (Wildman–Crippen LogP) is 2.53. The smallest absolute Gasteiger partial charge is 0.444 e. The standard InChI is InChI=1S/C10H8Cl2N2O3/c1-2-16-9-13-14(10(15)17-9)8-4-3-6(11)5-7(8)12/h3-5H,2H2,1H3. The van der Waals surface area contributed by atoms with Gasteiger partial charge in [-0.15, -0.1) is 0 Å². The fourth-order valence-corrected chi connectivity index (χ4v) is 1.74. The molecule has 0 N–H and O–H groups in total. The maximum Gasteiger partial charge on any atom is 0.444 e. The average Bonchev–Trinajstić information content (AvgIpc) is 2.60. The summed E-state index contributed by atoms with van der Waals surface area (Å²) >= 11 is 11.7. The van der Waals surface area contributed by atoms with Crippen LogP contribution in [0.3, 0.4) is 0 Å². The second kappa shape index (κ2) is 4.81. The van der Waals surface area contributed by atoms with Crippen LogP contribution in [-0.4, -0.2) is 16.4 Å². The highest BCUT2D eigenvalue weighted by Crippen LogP contribution is 2.23. The number of hydrogen-bond donors (Lipinski definition) is 0. The lowest BCUT2D eigenvalue weighted by Gasteiger charge is -2.01. The predicted molar refractivity (Wildman–Crippen MR) is 63.3 cm³/mol. The Hall–Kier alpha value is -1.46. The first kappa shape index (κ1) is 12.0. The van der Waals surface area contributed by atoms with Crippen LogP contribution >= 0.6 is 23.2 Å². The van der Waals surface area contributed by atoms with Gasteiger partial charge < -0.3 is 9.15 Å². The lowest BCUT2D eigenvalue weighted by atomic mass is 10.3. The van der Waals surface area contributed by atoms with Gasteiger partial charge in [-0.3, -0.25) is 0 Å². The van der Waals surface area contributed by atoms with Gasteiger partial charge in [-0.1, -0.05) is 28.3 Å². The Labute approximate surface area is 107 Å². The van der Waals surface area contributed by atoms with Gasteiger partial charge in [-0.05, 0) is 25.1 Å². The van der Waals surface area contributed by atoms with Gasteiger partial charge in [0, 0.05) is 5.02 Å².